The molecule has 0 bridgehead atoms. The summed E-state index contributed by atoms with van der Waals surface area (Å²) in [7, 11) is 0. The third-order valence-corrected chi connectivity index (χ3v) is 6.80. The van der Waals surface area contributed by atoms with Gasteiger partial charge in [-0.3, -0.25) is 0 Å². The fourth-order valence-corrected chi connectivity index (χ4v) is 5.16. The van der Waals surface area contributed by atoms with Crippen molar-refractivity contribution in [3.8, 4) is 0 Å². The van der Waals surface area contributed by atoms with Gasteiger partial charge in [-0.15, -0.1) is 0 Å². The Morgan fingerprint density at radius 1 is 1.03 bits per heavy atom. The number of nitrogens with zero attached hydrogens (tertiary/aromatic N) is 7. The van der Waals surface area contributed by atoms with Crippen LogP contribution < -0.4 is 15.5 Å². The summed E-state index contributed by atoms with van der Waals surface area (Å²) in [6.45, 7) is 6.91. The average molecular weight is 429 g/mol. The molecule has 2 saturated heterocycles. The van der Waals surface area contributed by atoms with Crippen molar-refractivity contribution in [2.75, 3.05) is 29.4 Å². The van der Waals surface area contributed by atoms with Crippen molar-refractivity contribution in [1.29, 1.82) is 0 Å². The molecule has 0 saturated carbocycles. The fraction of sp³-hybridized carbons (Fsp3) is 0.417. The number of piperidine rings is 1. The Kier molecular flexibility index (Phi) is 4.50. The van der Waals surface area contributed by atoms with Gasteiger partial charge in [-0.1, -0.05) is 12.1 Å². The molecule has 1 unspecified atom stereocenters. The molecule has 164 valence electrons. The van der Waals surface area contributed by atoms with Crippen LogP contribution in [0, 0.1) is 13.8 Å². The van der Waals surface area contributed by atoms with Crippen molar-refractivity contribution in [3.63, 3.8) is 0 Å². The van der Waals surface area contributed by atoms with Gasteiger partial charge < -0.3 is 15.5 Å². The molecule has 2 aliphatic rings. The number of anilines is 2. The van der Waals surface area contributed by atoms with E-state index >= 15 is 0 Å². The van der Waals surface area contributed by atoms with Gasteiger partial charge in [-0.25, -0.2) is 19.5 Å². The van der Waals surface area contributed by atoms with Crippen molar-refractivity contribution < 1.29 is 0 Å². The summed E-state index contributed by atoms with van der Waals surface area (Å²) in [6.07, 6.45) is 7.15. The average Bonchev–Trinajstić information content (AvgIpc) is 3.19. The number of rotatable bonds is 3. The van der Waals surface area contributed by atoms with E-state index in [1.54, 1.807) is 6.33 Å². The third kappa shape index (κ3) is 3.09. The van der Waals surface area contributed by atoms with Crippen molar-refractivity contribution in [2.45, 2.75) is 45.2 Å². The number of benzene rings is 1. The molecular formula is C24H28N8. The van der Waals surface area contributed by atoms with Crippen LogP contribution in [0.4, 0.5) is 11.6 Å². The quantitative estimate of drug-likeness (QED) is 0.536. The Labute approximate surface area is 187 Å². The molecular weight excluding hydrogens is 400 g/mol. The summed E-state index contributed by atoms with van der Waals surface area (Å²) >= 11 is 0. The first-order chi connectivity index (χ1) is 15.6. The Morgan fingerprint density at radius 2 is 1.91 bits per heavy atom. The normalized spacial score (nSPS) is 19.7. The Bertz CT molecular complexity index is 1300. The highest BCUT2D eigenvalue weighted by Gasteiger charge is 2.30. The van der Waals surface area contributed by atoms with Gasteiger partial charge in [0.25, 0.3) is 0 Å². The largest absolute Gasteiger partial charge is 0.353 e. The van der Waals surface area contributed by atoms with Crippen LogP contribution in [0.1, 0.15) is 42.1 Å². The first-order valence-electron chi connectivity index (χ1n) is 11.4. The lowest BCUT2D eigenvalue weighted by Crippen LogP contribution is -2.56. The van der Waals surface area contributed by atoms with Gasteiger partial charge >= 0.3 is 0 Å². The van der Waals surface area contributed by atoms with E-state index in [1.807, 2.05) is 4.52 Å². The molecule has 1 atom stereocenters. The fourth-order valence-electron chi connectivity index (χ4n) is 5.16. The van der Waals surface area contributed by atoms with E-state index in [1.165, 1.54) is 12.0 Å². The second kappa shape index (κ2) is 7.41. The van der Waals surface area contributed by atoms with Crippen molar-refractivity contribution in [1.82, 2.24) is 24.6 Å². The molecule has 0 aliphatic carbocycles. The van der Waals surface area contributed by atoms with Crippen LogP contribution >= 0.6 is 0 Å². The van der Waals surface area contributed by atoms with Gasteiger partial charge in [-0.2, -0.15) is 5.10 Å². The van der Waals surface area contributed by atoms with Crippen molar-refractivity contribution in [2.24, 2.45) is 5.73 Å². The molecule has 2 N–H and O–H groups in total. The molecule has 8 nitrogen and oxygen atoms in total. The van der Waals surface area contributed by atoms with Gasteiger partial charge in [0.2, 0.25) is 0 Å². The van der Waals surface area contributed by atoms with Gasteiger partial charge in [0, 0.05) is 48.9 Å². The summed E-state index contributed by atoms with van der Waals surface area (Å²) in [5.41, 5.74) is 11.2. The molecule has 5 heterocycles. The first-order valence-corrected chi connectivity index (χ1v) is 11.4. The minimum absolute atomic E-state index is 0.171. The van der Waals surface area contributed by atoms with Crippen LogP contribution in [0.2, 0.25) is 0 Å². The summed E-state index contributed by atoms with van der Waals surface area (Å²) < 4.78 is 1.92. The minimum Gasteiger partial charge on any atom is -0.353 e. The van der Waals surface area contributed by atoms with Crippen molar-refractivity contribution in [3.05, 3.63) is 53.6 Å². The van der Waals surface area contributed by atoms with Gasteiger partial charge in [0.1, 0.15) is 18.0 Å². The smallest absolute Gasteiger partial charge is 0.157 e. The Hall–Kier alpha value is -3.26. The highest BCUT2D eigenvalue weighted by atomic mass is 15.3. The third-order valence-electron chi connectivity index (χ3n) is 6.80. The van der Waals surface area contributed by atoms with Gasteiger partial charge in [0.15, 0.2) is 5.65 Å². The zero-order chi connectivity index (χ0) is 21.8. The summed E-state index contributed by atoms with van der Waals surface area (Å²) in [5.74, 6) is 2.03. The number of aromatic nitrogens is 5. The molecule has 0 spiro atoms. The van der Waals surface area contributed by atoms with E-state index in [0.717, 1.165) is 71.9 Å². The molecule has 0 radical (unpaired) electrons. The maximum Gasteiger partial charge on any atom is 0.157 e. The molecule has 2 fully saturated rings. The first kappa shape index (κ1) is 19.4. The van der Waals surface area contributed by atoms with E-state index in [4.69, 9.17) is 20.8 Å². The van der Waals surface area contributed by atoms with Crippen LogP contribution in [0.5, 0.6) is 0 Å². The summed E-state index contributed by atoms with van der Waals surface area (Å²) in [5, 5.41) is 6.10. The Morgan fingerprint density at radius 3 is 2.75 bits per heavy atom. The maximum atomic E-state index is 5.99. The number of hydrogen-bond acceptors (Lipinski definition) is 7. The van der Waals surface area contributed by atoms with Crippen LogP contribution in [0.3, 0.4) is 0 Å². The van der Waals surface area contributed by atoms with E-state index < -0.39 is 0 Å². The van der Waals surface area contributed by atoms with E-state index in [-0.39, 0.29) is 12.1 Å². The predicted octanol–water partition coefficient (Wildman–Crippen LogP) is 3.17. The lowest BCUT2D eigenvalue weighted by Gasteiger charge is -2.38. The highest BCUT2D eigenvalue weighted by Crippen LogP contribution is 2.37. The summed E-state index contributed by atoms with van der Waals surface area (Å²) in [6, 6.07) is 8.81. The molecule has 0 amide bonds. The second-order valence-corrected chi connectivity index (χ2v) is 9.16. The topological polar surface area (TPSA) is 88.5 Å². The predicted molar refractivity (Wildman–Crippen MR) is 126 cm³/mol. The number of fused-ring (bicyclic) bond motifs is 2. The van der Waals surface area contributed by atoms with E-state index in [9.17, 15) is 0 Å². The number of nitrogens with two attached hydrogens (primary N) is 1. The standard InChI is InChI=1S/C24H28N8/c1-15-6-5-7-18-22(15)24(27-14-26-18)31-9-4-3-8-20(31)19-10-21-28-23(30-12-17(25)13-30)16(2)11-32(21)29-19/h5-7,10-11,14,17,20H,3-4,8-9,12-13,25H2,1-2H3. The lowest BCUT2D eigenvalue weighted by molar-refractivity contribution is 0.461. The molecule has 8 heteroatoms. The molecule has 1 aromatic carbocycles. The molecule has 2 aliphatic heterocycles. The van der Waals surface area contributed by atoms with Gasteiger partial charge in [0.05, 0.1) is 17.3 Å². The molecule has 4 aromatic rings. The van der Waals surface area contributed by atoms with E-state index in [2.05, 4.69) is 59.1 Å². The lowest BCUT2D eigenvalue weighted by atomic mass is 9.98. The highest BCUT2D eigenvalue weighted by molar-refractivity contribution is 5.92. The van der Waals surface area contributed by atoms with Gasteiger partial charge in [-0.05, 0) is 44.7 Å². The zero-order valence-corrected chi connectivity index (χ0v) is 18.6. The Balaban J connectivity index is 1.42. The monoisotopic (exact) mass is 428 g/mol. The molecule has 6 rings (SSSR count). The maximum absolute atomic E-state index is 5.99. The van der Waals surface area contributed by atoms with Crippen molar-refractivity contribution >= 4 is 28.2 Å². The van der Waals surface area contributed by atoms with Crippen LogP contribution in [0.15, 0.2) is 36.8 Å². The minimum atomic E-state index is 0.171. The van der Waals surface area contributed by atoms with E-state index in [0.29, 0.717) is 0 Å². The zero-order valence-electron chi connectivity index (χ0n) is 18.6. The molecule has 3 aromatic heterocycles. The summed E-state index contributed by atoms with van der Waals surface area (Å²) in [4.78, 5) is 18.8. The van der Waals surface area contributed by atoms with Crippen LogP contribution in [-0.2, 0) is 0 Å². The molecule has 32 heavy (non-hydrogen) atoms. The SMILES string of the molecule is Cc1cn2nc(C3CCCCN3c3ncnc4cccc(C)c34)cc2nc1N1CC(N)C1. The number of aryl methyl sites for hydroxylation is 2. The number of hydrogen-bond donors (Lipinski definition) is 1. The van der Waals surface area contributed by atoms with Crippen LogP contribution in [-0.4, -0.2) is 50.2 Å². The second-order valence-electron chi connectivity index (χ2n) is 9.16. The van der Waals surface area contributed by atoms with Crippen LogP contribution in [0.25, 0.3) is 16.6 Å².